The van der Waals surface area contributed by atoms with Crippen LogP contribution in [0.2, 0.25) is 0 Å². The Morgan fingerprint density at radius 1 is 1.22 bits per heavy atom. The Hall–Kier alpha value is -1.51. The van der Waals surface area contributed by atoms with Crippen molar-refractivity contribution in [1.29, 1.82) is 0 Å². The molecule has 3 nitrogen and oxygen atoms in total. The highest BCUT2D eigenvalue weighted by Crippen LogP contribution is 2.11. The standard InChI is InChI=1S/C11H15NO2.C4H10/c1-3-8-14-10(4-2)9-6-5-7-11(13)12-9;1-3-4-2/h4-7H,3,8H2,1-2H3,(H,12,13);3-4H2,1-2H3. The number of pyridine rings is 1. The molecule has 18 heavy (non-hydrogen) atoms. The molecule has 0 radical (unpaired) electrons. The molecule has 102 valence electrons. The Morgan fingerprint density at radius 2 is 1.89 bits per heavy atom. The van der Waals surface area contributed by atoms with Crippen LogP contribution in [0.3, 0.4) is 0 Å². The molecule has 0 aliphatic heterocycles. The molecule has 1 aromatic heterocycles. The number of aromatic amines is 1. The number of allylic oxidation sites excluding steroid dienone is 1. The largest absolute Gasteiger partial charge is 0.492 e. The Labute approximate surface area is 110 Å². The highest BCUT2D eigenvalue weighted by atomic mass is 16.5. The van der Waals surface area contributed by atoms with E-state index in [2.05, 4.69) is 18.8 Å². The highest BCUT2D eigenvalue weighted by molar-refractivity contribution is 5.55. The van der Waals surface area contributed by atoms with Crippen molar-refractivity contribution in [3.05, 3.63) is 40.3 Å². The van der Waals surface area contributed by atoms with Gasteiger partial charge in [0.25, 0.3) is 0 Å². The molecule has 0 aliphatic carbocycles. The van der Waals surface area contributed by atoms with Crippen molar-refractivity contribution in [3.63, 3.8) is 0 Å². The summed E-state index contributed by atoms with van der Waals surface area (Å²) in [6.45, 7) is 8.95. The predicted molar refractivity (Wildman–Crippen MR) is 77.5 cm³/mol. The third-order valence-corrected chi connectivity index (χ3v) is 2.26. The summed E-state index contributed by atoms with van der Waals surface area (Å²) in [7, 11) is 0. The number of aromatic nitrogens is 1. The van der Waals surface area contributed by atoms with Crippen LogP contribution in [-0.2, 0) is 4.74 Å². The second-order valence-corrected chi connectivity index (χ2v) is 3.93. The average Bonchev–Trinajstić information content (AvgIpc) is 2.40. The predicted octanol–water partition coefficient (Wildman–Crippen LogP) is 3.97. The Balaban J connectivity index is 0.000000631. The van der Waals surface area contributed by atoms with Crippen LogP contribution >= 0.6 is 0 Å². The van der Waals surface area contributed by atoms with E-state index in [0.29, 0.717) is 6.61 Å². The third-order valence-electron chi connectivity index (χ3n) is 2.26. The van der Waals surface area contributed by atoms with E-state index in [1.165, 1.54) is 18.9 Å². The van der Waals surface area contributed by atoms with Crippen LogP contribution in [0, 0.1) is 0 Å². The molecule has 0 atom stereocenters. The molecule has 0 aromatic carbocycles. The smallest absolute Gasteiger partial charge is 0.248 e. The summed E-state index contributed by atoms with van der Waals surface area (Å²) in [6, 6.07) is 5.02. The van der Waals surface area contributed by atoms with Gasteiger partial charge in [0.2, 0.25) is 5.56 Å². The van der Waals surface area contributed by atoms with Gasteiger partial charge in [-0.1, -0.05) is 39.7 Å². The summed E-state index contributed by atoms with van der Waals surface area (Å²) in [5, 5.41) is 0. The molecule has 1 aromatic rings. The van der Waals surface area contributed by atoms with E-state index >= 15 is 0 Å². The number of ether oxygens (including phenoxy) is 1. The van der Waals surface area contributed by atoms with Crippen LogP contribution in [0.15, 0.2) is 29.1 Å². The lowest BCUT2D eigenvalue weighted by molar-refractivity contribution is 0.275. The highest BCUT2D eigenvalue weighted by Gasteiger charge is 2.00. The first-order valence-corrected chi connectivity index (χ1v) is 6.68. The lowest BCUT2D eigenvalue weighted by Gasteiger charge is -2.08. The van der Waals surface area contributed by atoms with Crippen molar-refractivity contribution >= 4 is 5.76 Å². The summed E-state index contributed by atoms with van der Waals surface area (Å²) in [6.07, 6.45) is 5.44. The Kier molecular flexibility index (Phi) is 9.74. The number of rotatable bonds is 5. The Morgan fingerprint density at radius 3 is 2.33 bits per heavy atom. The van der Waals surface area contributed by atoms with Gasteiger partial charge < -0.3 is 9.72 Å². The SMILES string of the molecule is CC=C(OCCC)c1cccc(=O)[nH]1.CCCC. The molecule has 1 heterocycles. The second kappa shape index (κ2) is 10.6. The maximum Gasteiger partial charge on any atom is 0.248 e. The van der Waals surface area contributed by atoms with Crippen LogP contribution < -0.4 is 5.56 Å². The molecular weight excluding hydrogens is 226 g/mol. The topological polar surface area (TPSA) is 42.1 Å². The van der Waals surface area contributed by atoms with Crippen molar-refractivity contribution in [1.82, 2.24) is 4.98 Å². The van der Waals surface area contributed by atoms with Gasteiger partial charge >= 0.3 is 0 Å². The fourth-order valence-electron chi connectivity index (χ4n) is 1.12. The first-order chi connectivity index (χ1) is 8.69. The minimum atomic E-state index is -0.109. The molecule has 0 aliphatic rings. The summed E-state index contributed by atoms with van der Waals surface area (Å²) in [5.41, 5.74) is 0.621. The van der Waals surface area contributed by atoms with Gasteiger partial charge in [-0.05, 0) is 25.5 Å². The zero-order valence-electron chi connectivity index (χ0n) is 12.0. The zero-order valence-corrected chi connectivity index (χ0v) is 12.0. The maximum atomic E-state index is 11.0. The minimum absolute atomic E-state index is 0.109. The summed E-state index contributed by atoms with van der Waals surface area (Å²) < 4.78 is 5.47. The zero-order chi connectivity index (χ0) is 13.8. The van der Waals surface area contributed by atoms with Crippen LogP contribution in [0.4, 0.5) is 0 Å². The first kappa shape index (κ1) is 16.5. The lowest BCUT2D eigenvalue weighted by atomic mass is 10.3. The molecule has 0 bridgehead atoms. The second-order valence-electron chi connectivity index (χ2n) is 3.93. The van der Waals surface area contributed by atoms with Gasteiger partial charge in [-0.15, -0.1) is 0 Å². The van der Waals surface area contributed by atoms with Crippen LogP contribution in [0.5, 0.6) is 0 Å². The molecule has 1 rings (SSSR count). The summed E-state index contributed by atoms with van der Waals surface area (Å²) in [5.74, 6) is 0.726. The Bertz CT molecular complexity index is 391. The fourth-order valence-corrected chi connectivity index (χ4v) is 1.12. The third kappa shape index (κ3) is 6.94. The van der Waals surface area contributed by atoms with Crippen LogP contribution in [0.25, 0.3) is 5.76 Å². The van der Waals surface area contributed by atoms with E-state index in [9.17, 15) is 4.79 Å². The van der Waals surface area contributed by atoms with Crippen molar-refractivity contribution in [2.45, 2.75) is 47.0 Å². The molecule has 0 fully saturated rings. The molecule has 0 saturated heterocycles. The fraction of sp³-hybridized carbons (Fsp3) is 0.533. The van der Waals surface area contributed by atoms with E-state index in [0.717, 1.165) is 17.9 Å². The first-order valence-electron chi connectivity index (χ1n) is 6.68. The molecular formula is C15H25NO2. The lowest BCUT2D eigenvalue weighted by Crippen LogP contribution is -2.07. The van der Waals surface area contributed by atoms with Crippen molar-refractivity contribution < 1.29 is 4.74 Å². The van der Waals surface area contributed by atoms with Crippen molar-refractivity contribution in [3.8, 4) is 0 Å². The van der Waals surface area contributed by atoms with Gasteiger partial charge in [0.05, 0.1) is 12.3 Å². The number of hydrogen-bond donors (Lipinski definition) is 1. The van der Waals surface area contributed by atoms with E-state index in [-0.39, 0.29) is 5.56 Å². The molecule has 3 heteroatoms. The van der Waals surface area contributed by atoms with Crippen molar-refractivity contribution in [2.75, 3.05) is 6.61 Å². The number of H-pyrrole nitrogens is 1. The molecule has 0 spiro atoms. The van der Waals surface area contributed by atoms with E-state index in [1.54, 1.807) is 6.07 Å². The normalized spacial score (nSPS) is 10.6. The van der Waals surface area contributed by atoms with E-state index < -0.39 is 0 Å². The van der Waals surface area contributed by atoms with Crippen molar-refractivity contribution in [2.24, 2.45) is 0 Å². The maximum absolute atomic E-state index is 11.0. The molecule has 0 amide bonds. The number of nitrogens with one attached hydrogen (secondary N) is 1. The van der Waals surface area contributed by atoms with Gasteiger partial charge in [0.15, 0.2) is 0 Å². The van der Waals surface area contributed by atoms with Crippen LogP contribution in [-0.4, -0.2) is 11.6 Å². The summed E-state index contributed by atoms with van der Waals surface area (Å²) >= 11 is 0. The molecule has 0 unspecified atom stereocenters. The van der Waals surface area contributed by atoms with Gasteiger partial charge in [-0.3, -0.25) is 4.79 Å². The van der Waals surface area contributed by atoms with Gasteiger partial charge in [-0.25, -0.2) is 0 Å². The minimum Gasteiger partial charge on any atom is -0.492 e. The molecule has 0 saturated carbocycles. The van der Waals surface area contributed by atoms with Gasteiger partial charge in [0.1, 0.15) is 5.76 Å². The number of hydrogen-bond acceptors (Lipinski definition) is 2. The van der Waals surface area contributed by atoms with Gasteiger partial charge in [-0.2, -0.15) is 0 Å². The van der Waals surface area contributed by atoms with Gasteiger partial charge in [0, 0.05) is 6.07 Å². The quantitative estimate of drug-likeness (QED) is 0.805. The van der Waals surface area contributed by atoms with E-state index in [1.807, 2.05) is 26.0 Å². The van der Waals surface area contributed by atoms with Crippen LogP contribution in [0.1, 0.15) is 52.7 Å². The average molecular weight is 251 g/mol. The molecule has 1 N–H and O–H groups in total. The van der Waals surface area contributed by atoms with E-state index in [4.69, 9.17) is 4.74 Å². The summed E-state index contributed by atoms with van der Waals surface area (Å²) in [4.78, 5) is 13.8. The monoisotopic (exact) mass is 251 g/mol. The number of unbranched alkanes of at least 4 members (excludes halogenated alkanes) is 1.